The van der Waals surface area contributed by atoms with E-state index in [1.54, 1.807) is 16.8 Å². The SMILES string of the molecule is CCc1c(NC(=O)C(C)C(=O)O)cnn1-c1cccc(Cl)c1. The molecule has 0 spiro atoms. The fourth-order valence-electron chi connectivity index (χ4n) is 2.00. The number of carboxylic acids is 1. The Bertz CT molecular complexity index is 712. The fraction of sp³-hybridized carbons (Fsp3) is 0.267. The van der Waals surface area contributed by atoms with Gasteiger partial charge in [0.2, 0.25) is 5.91 Å². The van der Waals surface area contributed by atoms with Gasteiger partial charge < -0.3 is 10.4 Å². The molecule has 0 aliphatic rings. The summed E-state index contributed by atoms with van der Waals surface area (Å²) in [5.41, 5.74) is 2.05. The molecular formula is C15H16ClN3O3. The highest BCUT2D eigenvalue weighted by molar-refractivity contribution is 6.30. The minimum Gasteiger partial charge on any atom is -0.481 e. The van der Waals surface area contributed by atoms with Crippen molar-refractivity contribution in [1.29, 1.82) is 0 Å². The maximum absolute atomic E-state index is 11.9. The van der Waals surface area contributed by atoms with Crippen LogP contribution in [0.15, 0.2) is 30.5 Å². The molecule has 116 valence electrons. The molecule has 0 fully saturated rings. The van der Waals surface area contributed by atoms with Crippen LogP contribution in [0.1, 0.15) is 19.5 Å². The van der Waals surface area contributed by atoms with Crippen LogP contribution in [0.2, 0.25) is 5.02 Å². The number of hydrogen-bond acceptors (Lipinski definition) is 3. The first-order valence-electron chi connectivity index (χ1n) is 6.80. The lowest BCUT2D eigenvalue weighted by molar-refractivity contribution is -0.144. The third-order valence-electron chi connectivity index (χ3n) is 3.28. The van der Waals surface area contributed by atoms with Crippen molar-refractivity contribution >= 4 is 29.2 Å². The molecule has 6 nitrogen and oxygen atoms in total. The largest absolute Gasteiger partial charge is 0.481 e. The lowest BCUT2D eigenvalue weighted by Crippen LogP contribution is -2.27. The number of hydrogen-bond donors (Lipinski definition) is 2. The zero-order valence-corrected chi connectivity index (χ0v) is 13.0. The van der Waals surface area contributed by atoms with E-state index in [-0.39, 0.29) is 0 Å². The Kier molecular flexibility index (Phi) is 4.82. The number of carbonyl (C=O) groups is 2. The van der Waals surface area contributed by atoms with Gasteiger partial charge >= 0.3 is 5.97 Å². The summed E-state index contributed by atoms with van der Waals surface area (Å²) in [5, 5.41) is 16.3. The van der Waals surface area contributed by atoms with E-state index in [4.69, 9.17) is 16.7 Å². The highest BCUT2D eigenvalue weighted by Gasteiger charge is 2.22. The van der Waals surface area contributed by atoms with E-state index in [0.717, 1.165) is 11.4 Å². The van der Waals surface area contributed by atoms with E-state index in [0.29, 0.717) is 17.1 Å². The quantitative estimate of drug-likeness (QED) is 0.829. The minimum absolute atomic E-state index is 0.501. The Hall–Kier alpha value is -2.34. The van der Waals surface area contributed by atoms with Crippen LogP contribution in [0.3, 0.4) is 0 Å². The normalized spacial score (nSPS) is 12.0. The Morgan fingerprint density at radius 1 is 1.45 bits per heavy atom. The molecule has 1 heterocycles. The summed E-state index contributed by atoms with van der Waals surface area (Å²) < 4.78 is 1.67. The van der Waals surface area contributed by atoms with Crippen LogP contribution in [0, 0.1) is 5.92 Å². The smallest absolute Gasteiger partial charge is 0.315 e. The number of benzene rings is 1. The van der Waals surface area contributed by atoms with Gasteiger partial charge in [0.1, 0.15) is 5.92 Å². The molecule has 0 saturated heterocycles. The van der Waals surface area contributed by atoms with Gasteiger partial charge in [-0.2, -0.15) is 5.10 Å². The van der Waals surface area contributed by atoms with E-state index in [1.165, 1.54) is 13.1 Å². The number of rotatable bonds is 5. The second kappa shape index (κ2) is 6.62. The summed E-state index contributed by atoms with van der Waals surface area (Å²) in [5.74, 6) is -2.87. The van der Waals surface area contributed by atoms with Crippen molar-refractivity contribution in [3.63, 3.8) is 0 Å². The minimum atomic E-state index is -1.17. The van der Waals surface area contributed by atoms with Gasteiger partial charge in [-0.05, 0) is 31.5 Å². The van der Waals surface area contributed by atoms with Gasteiger partial charge in [0.25, 0.3) is 0 Å². The van der Waals surface area contributed by atoms with Gasteiger partial charge in [0.05, 0.1) is 23.3 Å². The third-order valence-corrected chi connectivity index (χ3v) is 3.51. The average molecular weight is 322 g/mol. The fourth-order valence-corrected chi connectivity index (χ4v) is 2.19. The standard InChI is InChI=1S/C15H16ClN3O3/c1-3-13-12(18-14(20)9(2)15(21)22)8-17-19(13)11-6-4-5-10(16)7-11/h4-9H,3H2,1-2H3,(H,18,20)(H,21,22). The molecule has 1 atom stereocenters. The van der Waals surface area contributed by atoms with E-state index in [1.807, 2.05) is 19.1 Å². The first kappa shape index (κ1) is 16.0. The summed E-state index contributed by atoms with van der Waals surface area (Å²) in [6.45, 7) is 3.26. The van der Waals surface area contributed by atoms with Gasteiger partial charge in [0, 0.05) is 5.02 Å². The molecule has 1 aromatic heterocycles. The molecule has 22 heavy (non-hydrogen) atoms. The van der Waals surface area contributed by atoms with E-state index < -0.39 is 17.8 Å². The van der Waals surface area contributed by atoms with Crippen LogP contribution in [0.5, 0.6) is 0 Å². The number of aliphatic carboxylic acids is 1. The zero-order valence-electron chi connectivity index (χ0n) is 12.2. The van der Waals surface area contributed by atoms with Gasteiger partial charge in [-0.25, -0.2) is 4.68 Å². The summed E-state index contributed by atoms with van der Waals surface area (Å²) >= 11 is 5.98. The van der Waals surface area contributed by atoms with Crippen molar-refractivity contribution in [3.8, 4) is 5.69 Å². The second-order valence-corrected chi connectivity index (χ2v) is 5.24. The molecule has 2 aromatic rings. The molecule has 1 aromatic carbocycles. The molecule has 7 heteroatoms. The Balaban J connectivity index is 2.32. The van der Waals surface area contributed by atoms with Crippen molar-refractivity contribution in [1.82, 2.24) is 9.78 Å². The van der Waals surface area contributed by atoms with Crippen molar-refractivity contribution in [2.45, 2.75) is 20.3 Å². The Labute approximate surface area is 132 Å². The molecule has 1 amide bonds. The molecule has 0 aliphatic heterocycles. The molecular weight excluding hydrogens is 306 g/mol. The first-order valence-corrected chi connectivity index (χ1v) is 7.18. The van der Waals surface area contributed by atoms with Gasteiger partial charge in [-0.15, -0.1) is 0 Å². The number of amides is 1. The molecule has 0 bridgehead atoms. The highest BCUT2D eigenvalue weighted by atomic mass is 35.5. The summed E-state index contributed by atoms with van der Waals surface area (Å²) in [4.78, 5) is 22.7. The predicted octanol–water partition coefficient (Wildman–Crippen LogP) is 2.75. The third kappa shape index (κ3) is 3.28. The van der Waals surface area contributed by atoms with E-state index in [9.17, 15) is 9.59 Å². The van der Waals surface area contributed by atoms with Crippen LogP contribution in [0.25, 0.3) is 5.69 Å². The highest BCUT2D eigenvalue weighted by Crippen LogP contribution is 2.22. The van der Waals surface area contributed by atoms with Crippen LogP contribution < -0.4 is 5.32 Å². The molecule has 0 aliphatic carbocycles. The number of nitrogens with one attached hydrogen (secondary N) is 1. The van der Waals surface area contributed by atoms with E-state index >= 15 is 0 Å². The number of anilines is 1. The number of halogens is 1. The second-order valence-electron chi connectivity index (χ2n) is 4.80. The summed E-state index contributed by atoms with van der Waals surface area (Å²) in [6.07, 6.45) is 2.12. The van der Waals surface area contributed by atoms with Crippen LogP contribution in [0.4, 0.5) is 5.69 Å². The Morgan fingerprint density at radius 3 is 2.77 bits per heavy atom. The topological polar surface area (TPSA) is 84.2 Å². The van der Waals surface area contributed by atoms with Gasteiger partial charge in [0.15, 0.2) is 0 Å². The summed E-state index contributed by atoms with van der Waals surface area (Å²) in [7, 11) is 0. The number of carbonyl (C=O) groups excluding carboxylic acids is 1. The first-order chi connectivity index (χ1) is 10.4. The average Bonchev–Trinajstić information content (AvgIpc) is 2.88. The molecule has 1 unspecified atom stereocenters. The monoisotopic (exact) mass is 321 g/mol. The van der Waals surface area contributed by atoms with Crippen LogP contribution >= 0.6 is 11.6 Å². The lowest BCUT2D eigenvalue weighted by atomic mass is 10.1. The van der Waals surface area contributed by atoms with Crippen LogP contribution in [-0.2, 0) is 16.0 Å². The molecule has 0 saturated carbocycles. The number of aromatic nitrogens is 2. The van der Waals surface area contributed by atoms with Crippen molar-refractivity contribution in [2.75, 3.05) is 5.32 Å². The van der Waals surface area contributed by atoms with Gasteiger partial charge in [-0.3, -0.25) is 9.59 Å². The van der Waals surface area contributed by atoms with Crippen molar-refractivity contribution in [3.05, 3.63) is 41.2 Å². The Morgan fingerprint density at radius 2 is 2.18 bits per heavy atom. The lowest BCUT2D eigenvalue weighted by Gasteiger charge is -2.10. The van der Waals surface area contributed by atoms with Crippen molar-refractivity contribution < 1.29 is 14.7 Å². The van der Waals surface area contributed by atoms with Crippen LogP contribution in [-0.4, -0.2) is 26.8 Å². The maximum Gasteiger partial charge on any atom is 0.315 e. The van der Waals surface area contributed by atoms with E-state index in [2.05, 4.69) is 10.4 Å². The summed E-state index contributed by atoms with van der Waals surface area (Å²) in [6, 6.07) is 7.18. The van der Waals surface area contributed by atoms with Gasteiger partial charge in [-0.1, -0.05) is 24.6 Å². The number of nitrogens with zero attached hydrogens (tertiary/aromatic N) is 2. The van der Waals surface area contributed by atoms with Crippen molar-refractivity contribution in [2.24, 2.45) is 5.92 Å². The zero-order chi connectivity index (χ0) is 16.3. The molecule has 0 radical (unpaired) electrons. The molecule has 2 rings (SSSR count). The predicted molar refractivity (Wildman–Crippen MR) is 83.4 cm³/mol. The maximum atomic E-state index is 11.9. The molecule has 2 N–H and O–H groups in total. The number of carboxylic acid groups (broad SMARTS) is 1.